The van der Waals surface area contributed by atoms with E-state index in [4.69, 9.17) is 21.1 Å². The fourth-order valence-corrected chi connectivity index (χ4v) is 9.15. The van der Waals surface area contributed by atoms with Gasteiger partial charge in [0.25, 0.3) is 11.8 Å². The Morgan fingerprint density at radius 2 is 1.69 bits per heavy atom. The number of halogens is 3. The second kappa shape index (κ2) is 18.6. The molecule has 19 heteroatoms. The molecule has 16 nitrogen and oxygen atoms in total. The van der Waals surface area contributed by atoms with E-state index < -0.39 is 41.3 Å². The molecule has 6 heterocycles. The summed E-state index contributed by atoms with van der Waals surface area (Å²) in [5.74, 6) is -2.67. The molecule has 0 aliphatic carbocycles. The summed E-state index contributed by atoms with van der Waals surface area (Å²) >= 11 is 6.01. The number of amides is 5. The first-order chi connectivity index (χ1) is 31.0. The van der Waals surface area contributed by atoms with Gasteiger partial charge in [-0.1, -0.05) is 17.7 Å². The molecule has 4 aromatic rings. The van der Waals surface area contributed by atoms with Crippen LogP contribution in [0.4, 0.5) is 31.7 Å². The number of anilines is 4. The van der Waals surface area contributed by atoms with Gasteiger partial charge < -0.3 is 25.0 Å². The average Bonchev–Trinajstić information content (AvgIpc) is 3.88. The molecule has 0 radical (unpaired) electrons. The molecule has 5 aliphatic rings. The highest BCUT2D eigenvalue weighted by atomic mass is 35.5. The van der Waals surface area contributed by atoms with Crippen LogP contribution < -0.4 is 25.6 Å². The van der Waals surface area contributed by atoms with Crippen LogP contribution in [0.3, 0.4) is 0 Å². The summed E-state index contributed by atoms with van der Waals surface area (Å²) in [5, 5.41) is 8.89. The minimum absolute atomic E-state index is 0.00594. The van der Waals surface area contributed by atoms with E-state index in [1.54, 1.807) is 18.2 Å². The number of likely N-dealkylation sites (tertiary alicyclic amines) is 1. The number of carbonyl (C=O) groups is 5. The van der Waals surface area contributed by atoms with Gasteiger partial charge in [0.15, 0.2) is 0 Å². The zero-order chi connectivity index (χ0) is 44.5. The fraction of sp³-hybridized carbons (Fsp3) is 0.400. The molecule has 4 fully saturated rings. The third-order valence-electron chi connectivity index (χ3n) is 12.4. The average molecular weight is 898 g/mol. The van der Waals surface area contributed by atoms with E-state index in [1.165, 1.54) is 30.6 Å². The number of nitrogens with zero attached hydrogens (tertiary/aromatic N) is 6. The molecule has 64 heavy (non-hydrogen) atoms. The van der Waals surface area contributed by atoms with E-state index in [-0.39, 0.29) is 46.7 Å². The number of rotatable bonds is 12. The molecular weight excluding hydrogens is 852 g/mol. The fourth-order valence-electron chi connectivity index (χ4n) is 8.97. The van der Waals surface area contributed by atoms with Crippen molar-refractivity contribution in [3.8, 4) is 5.75 Å². The van der Waals surface area contributed by atoms with Gasteiger partial charge in [-0.3, -0.25) is 44.0 Å². The highest BCUT2D eigenvalue weighted by molar-refractivity contribution is 6.31. The Kier molecular flexibility index (Phi) is 12.5. The maximum atomic E-state index is 15.5. The van der Waals surface area contributed by atoms with Crippen molar-refractivity contribution < 1.29 is 42.2 Å². The highest BCUT2D eigenvalue weighted by Gasteiger charge is 2.45. The Morgan fingerprint density at radius 3 is 2.42 bits per heavy atom. The number of piperidine rings is 2. The SMILES string of the molecule is O=C(/C=C/CN1CCC(CN2CCN(c3cc4c(cc3F)C(=O)N(C3CCC(=O)NC3=O)C4=O)CC2)CC1)Nc1cc2c(Nc3ccc(F)c(Cl)c3)ncnc2cc1OC1CCOC1. The molecule has 0 spiro atoms. The molecule has 2 unspecified atom stereocenters. The third kappa shape index (κ3) is 9.27. The Hall–Kier alpha value is -6.08. The van der Waals surface area contributed by atoms with Gasteiger partial charge in [-0.25, -0.2) is 18.7 Å². The lowest BCUT2D eigenvalue weighted by molar-refractivity contribution is -0.136. The number of aromatic nitrogens is 2. The summed E-state index contributed by atoms with van der Waals surface area (Å²) in [6, 6.07) is 9.17. The number of benzene rings is 3. The van der Waals surface area contributed by atoms with E-state index in [1.807, 2.05) is 11.0 Å². The van der Waals surface area contributed by atoms with Crippen LogP contribution in [0.25, 0.3) is 10.9 Å². The standard InChI is InChI=1S/C45H46ClF2N9O7/c46-32-18-27(3-4-33(32)47)51-42-31-20-36(39(22-35(31)49-25-50-42)64-28-9-17-63-24-28)52-40(58)2-1-10-54-11-7-26(8-12-54)23-55-13-15-56(16-14-55)38-21-30-29(19-34(38)48)44(61)57(45(30)62)37-5-6-41(59)53-43(37)60/h1-4,18-22,25-26,28,37H,5-17,23-24H2,(H,52,58)(H,49,50,51)(H,53,59,60)/b2-1+. The second-order valence-corrected chi connectivity index (χ2v) is 17.1. The number of hydrogen-bond donors (Lipinski definition) is 3. The van der Waals surface area contributed by atoms with Gasteiger partial charge in [-0.2, -0.15) is 0 Å². The number of fused-ring (bicyclic) bond motifs is 2. The summed E-state index contributed by atoms with van der Waals surface area (Å²) in [6.45, 7) is 6.77. The molecular formula is C45H46ClF2N9O7. The number of hydrogen-bond acceptors (Lipinski definition) is 13. The Bertz CT molecular complexity index is 2540. The molecule has 3 N–H and O–H groups in total. The number of piperazine rings is 1. The van der Waals surface area contributed by atoms with Crippen LogP contribution in [0.1, 0.15) is 52.8 Å². The lowest BCUT2D eigenvalue weighted by atomic mass is 9.96. The zero-order valence-corrected chi connectivity index (χ0v) is 35.5. The first-order valence-electron chi connectivity index (χ1n) is 21.4. The summed E-state index contributed by atoms with van der Waals surface area (Å²) < 4.78 is 41.1. The highest BCUT2D eigenvalue weighted by Crippen LogP contribution is 2.36. The van der Waals surface area contributed by atoms with Crippen molar-refractivity contribution in [1.82, 2.24) is 30.0 Å². The molecule has 5 amide bonds. The van der Waals surface area contributed by atoms with Gasteiger partial charge >= 0.3 is 0 Å². The maximum absolute atomic E-state index is 15.5. The molecule has 1 aromatic heterocycles. The number of imide groups is 2. The van der Waals surface area contributed by atoms with Crippen molar-refractivity contribution in [2.75, 3.05) is 81.1 Å². The minimum Gasteiger partial charge on any atom is -0.486 e. The molecule has 0 bridgehead atoms. The van der Waals surface area contributed by atoms with Gasteiger partial charge in [0.05, 0.1) is 46.3 Å². The monoisotopic (exact) mass is 897 g/mol. The molecule has 3 aromatic carbocycles. The van der Waals surface area contributed by atoms with Gasteiger partial charge in [0, 0.05) is 75.3 Å². The molecule has 4 saturated heterocycles. The van der Waals surface area contributed by atoms with Crippen molar-refractivity contribution in [3.05, 3.63) is 88.7 Å². The largest absolute Gasteiger partial charge is 0.486 e. The topological polar surface area (TPSA) is 179 Å². The third-order valence-corrected chi connectivity index (χ3v) is 12.7. The normalized spacial score (nSPS) is 21.2. The molecule has 5 aliphatic heterocycles. The van der Waals surface area contributed by atoms with Crippen molar-refractivity contribution in [3.63, 3.8) is 0 Å². The molecule has 9 rings (SSSR count). The quantitative estimate of drug-likeness (QED) is 0.129. The number of nitrogens with one attached hydrogen (secondary N) is 3. The van der Waals surface area contributed by atoms with E-state index >= 15 is 4.39 Å². The van der Waals surface area contributed by atoms with Crippen LogP contribution in [-0.2, 0) is 19.1 Å². The predicted molar refractivity (Wildman–Crippen MR) is 233 cm³/mol. The van der Waals surface area contributed by atoms with Gasteiger partial charge in [-0.05, 0) is 74.7 Å². The van der Waals surface area contributed by atoms with E-state index in [2.05, 4.69) is 35.7 Å². The predicted octanol–water partition coefficient (Wildman–Crippen LogP) is 4.90. The molecule has 0 saturated carbocycles. The van der Waals surface area contributed by atoms with E-state index in [0.29, 0.717) is 92.1 Å². The molecule has 334 valence electrons. The van der Waals surface area contributed by atoms with Crippen molar-refractivity contribution in [2.24, 2.45) is 5.92 Å². The summed E-state index contributed by atoms with van der Waals surface area (Å²) in [7, 11) is 0. The summed E-state index contributed by atoms with van der Waals surface area (Å²) in [5.41, 5.74) is 1.77. The Morgan fingerprint density at radius 1 is 0.906 bits per heavy atom. The minimum atomic E-state index is -1.11. The smallest absolute Gasteiger partial charge is 0.262 e. The Labute approximate surface area is 371 Å². The van der Waals surface area contributed by atoms with Gasteiger partial charge in [0.1, 0.15) is 41.7 Å². The van der Waals surface area contributed by atoms with Crippen LogP contribution >= 0.6 is 11.6 Å². The van der Waals surface area contributed by atoms with Crippen molar-refractivity contribution in [2.45, 2.75) is 44.2 Å². The zero-order valence-electron chi connectivity index (χ0n) is 34.8. The summed E-state index contributed by atoms with van der Waals surface area (Å²) in [6.07, 6.45) is 7.33. The van der Waals surface area contributed by atoms with Crippen LogP contribution in [0.2, 0.25) is 5.02 Å². The van der Waals surface area contributed by atoms with Crippen LogP contribution in [-0.4, -0.2) is 132 Å². The van der Waals surface area contributed by atoms with Crippen LogP contribution in [0.5, 0.6) is 5.75 Å². The Balaban J connectivity index is 0.760. The first-order valence-corrected chi connectivity index (χ1v) is 21.8. The number of ether oxygens (including phenoxy) is 2. The second-order valence-electron chi connectivity index (χ2n) is 16.7. The van der Waals surface area contributed by atoms with Crippen LogP contribution in [0.15, 0.2) is 60.9 Å². The van der Waals surface area contributed by atoms with E-state index in [0.717, 1.165) is 43.4 Å². The van der Waals surface area contributed by atoms with E-state index in [9.17, 15) is 28.4 Å². The lowest BCUT2D eigenvalue weighted by Crippen LogP contribution is -2.54. The summed E-state index contributed by atoms with van der Waals surface area (Å²) in [4.78, 5) is 80.1. The van der Waals surface area contributed by atoms with Crippen LogP contribution in [0, 0.1) is 17.6 Å². The van der Waals surface area contributed by atoms with Gasteiger partial charge in [-0.15, -0.1) is 0 Å². The lowest BCUT2D eigenvalue weighted by Gasteiger charge is -2.39. The molecule has 2 atom stereocenters. The number of carbonyl (C=O) groups excluding carboxylic acids is 5. The maximum Gasteiger partial charge on any atom is 0.262 e. The first kappa shape index (κ1) is 43.2. The van der Waals surface area contributed by atoms with Gasteiger partial charge in [0.2, 0.25) is 17.7 Å². The van der Waals surface area contributed by atoms with Crippen molar-refractivity contribution in [1.29, 1.82) is 0 Å². The van der Waals surface area contributed by atoms with Crippen molar-refractivity contribution >= 4 is 74.9 Å².